The number of urea groups is 1. The van der Waals surface area contributed by atoms with E-state index in [2.05, 4.69) is 17.6 Å². The van der Waals surface area contributed by atoms with E-state index in [1.54, 1.807) is 4.90 Å². The number of carbonyl (C=O) groups is 1. The van der Waals surface area contributed by atoms with Crippen molar-refractivity contribution in [2.75, 3.05) is 29.9 Å². The van der Waals surface area contributed by atoms with Gasteiger partial charge >= 0.3 is 6.03 Å². The van der Waals surface area contributed by atoms with Crippen LogP contribution in [0.5, 0.6) is 0 Å². The van der Waals surface area contributed by atoms with E-state index in [1.807, 2.05) is 24.3 Å². The molecule has 0 aliphatic carbocycles. The zero-order valence-electron chi connectivity index (χ0n) is 8.79. The van der Waals surface area contributed by atoms with Gasteiger partial charge in [0, 0.05) is 31.0 Å². The summed E-state index contributed by atoms with van der Waals surface area (Å²) in [5.74, 6) is 0. The van der Waals surface area contributed by atoms with Crippen molar-refractivity contribution in [3.63, 3.8) is 0 Å². The van der Waals surface area contributed by atoms with Crippen molar-refractivity contribution in [2.45, 2.75) is 6.92 Å². The maximum Gasteiger partial charge on any atom is 0.321 e. The van der Waals surface area contributed by atoms with Gasteiger partial charge in [-0.25, -0.2) is 4.79 Å². The molecule has 1 aliphatic rings. The van der Waals surface area contributed by atoms with E-state index in [4.69, 9.17) is 0 Å². The van der Waals surface area contributed by atoms with Crippen LogP contribution in [0.4, 0.5) is 16.2 Å². The molecule has 2 amide bonds. The van der Waals surface area contributed by atoms with Crippen LogP contribution >= 0.6 is 0 Å². The van der Waals surface area contributed by atoms with E-state index in [0.717, 1.165) is 31.0 Å². The first-order valence-electron chi connectivity index (χ1n) is 5.20. The molecule has 1 aromatic carbocycles. The van der Waals surface area contributed by atoms with Crippen LogP contribution in [0.25, 0.3) is 0 Å². The van der Waals surface area contributed by atoms with E-state index < -0.39 is 0 Å². The zero-order chi connectivity index (χ0) is 10.7. The van der Waals surface area contributed by atoms with Crippen molar-refractivity contribution in [2.24, 2.45) is 0 Å². The van der Waals surface area contributed by atoms with E-state index in [-0.39, 0.29) is 6.03 Å². The minimum absolute atomic E-state index is 0.0105. The number of benzene rings is 1. The fourth-order valence-corrected chi connectivity index (χ4v) is 1.71. The molecule has 2 N–H and O–H groups in total. The summed E-state index contributed by atoms with van der Waals surface area (Å²) in [5, 5.41) is 6.01. The molecule has 1 aromatic rings. The van der Waals surface area contributed by atoms with E-state index >= 15 is 0 Å². The third-order valence-corrected chi connectivity index (χ3v) is 2.40. The second-order valence-corrected chi connectivity index (χ2v) is 3.46. The predicted octanol–water partition coefficient (Wildman–Crippen LogP) is 1.65. The summed E-state index contributed by atoms with van der Waals surface area (Å²) in [6.45, 7) is 4.41. The molecule has 1 fully saturated rings. The van der Waals surface area contributed by atoms with E-state index in [0.29, 0.717) is 0 Å². The number of nitrogens with one attached hydrogen (secondary N) is 2. The van der Waals surface area contributed by atoms with E-state index in [1.165, 1.54) is 0 Å². The molecule has 0 bridgehead atoms. The molecule has 15 heavy (non-hydrogen) atoms. The Labute approximate surface area is 89.3 Å². The van der Waals surface area contributed by atoms with Crippen molar-refractivity contribution in [3.8, 4) is 0 Å². The fourth-order valence-electron chi connectivity index (χ4n) is 1.71. The summed E-state index contributed by atoms with van der Waals surface area (Å²) in [7, 11) is 0. The standard InChI is InChI=1S/C11H15N3O/c1-2-12-9-4-3-5-10(8-9)14-7-6-13-11(14)15/h3-5,8,12H,2,6-7H2,1H3,(H,13,15). The maximum absolute atomic E-state index is 11.4. The van der Waals surface area contributed by atoms with Gasteiger partial charge in [-0.15, -0.1) is 0 Å². The highest BCUT2D eigenvalue weighted by Gasteiger charge is 2.20. The van der Waals surface area contributed by atoms with Gasteiger partial charge in [-0.3, -0.25) is 4.90 Å². The first-order chi connectivity index (χ1) is 7.31. The molecular weight excluding hydrogens is 190 g/mol. The second-order valence-electron chi connectivity index (χ2n) is 3.46. The predicted molar refractivity (Wildman–Crippen MR) is 61.4 cm³/mol. The summed E-state index contributed by atoms with van der Waals surface area (Å²) in [6.07, 6.45) is 0. The molecule has 2 rings (SSSR count). The number of nitrogens with zero attached hydrogens (tertiary/aromatic N) is 1. The van der Waals surface area contributed by atoms with Gasteiger partial charge in [0.15, 0.2) is 0 Å². The SMILES string of the molecule is CCNc1cccc(N2CCNC2=O)c1. The molecule has 1 saturated heterocycles. The number of rotatable bonds is 3. The molecule has 0 saturated carbocycles. The van der Waals surface area contributed by atoms with Crippen molar-refractivity contribution < 1.29 is 4.79 Å². The molecule has 0 radical (unpaired) electrons. The smallest absolute Gasteiger partial charge is 0.321 e. The molecule has 1 heterocycles. The number of amides is 2. The largest absolute Gasteiger partial charge is 0.385 e. The summed E-state index contributed by atoms with van der Waals surface area (Å²) in [4.78, 5) is 13.2. The Morgan fingerprint density at radius 2 is 2.40 bits per heavy atom. The summed E-state index contributed by atoms with van der Waals surface area (Å²) in [6, 6.07) is 7.89. The molecule has 0 spiro atoms. The Bertz CT molecular complexity index is 365. The lowest BCUT2D eigenvalue weighted by Gasteiger charge is -2.15. The van der Waals surface area contributed by atoms with Gasteiger partial charge in [0.2, 0.25) is 0 Å². The quantitative estimate of drug-likeness (QED) is 0.788. The van der Waals surface area contributed by atoms with Crippen LogP contribution in [0.2, 0.25) is 0 Å². The van der Waals surface area contributed by atoms with Crippen molar-refractivity contribution >= 4 is 17.4 Å². The van der Waals surface area contributed by atoms with Crippen LogP contribution in [-0.2, 0) is 0 Å². The average Bonchev–Trinajstić information content (AvgIpc) is 2.65. The van der Waals surface area contributed by atoms with Gasteiger partial charge < -0.3 is 10.6 Å². The highest BCUT2D eigenvalue weighted by molar-refractivity contribution is 5.94. The Morgan fingerprint density at radius 3 is 3.07 bits per heavy atom. The molecule has 0 unspecified atom stereocenters. The second kappa shape index (κ2) is 4.21. The average molecular weight is 205 g/mol. The van der Waals surface area contributed by atoms with Crippen LogP contribution in [0, 0.1) is 0 Å². The van der Waals surface area contributed by atoms with E-state index in [9.17, 15) is 4.79 Å². The van der Waals surface area contributed by atoms with Gasteiger partial charge in [0.05, 0.1) is 0 Å². The summed E-state index contributed by atoms with van der Waals surface area (Å²) >= 11 is 0. The lowest BCUT2D eigenvalue weighted by Crippen LogP contribution is -2.27. The van der Waals surface area contributed by atoms with Crippen LogP contribution in [0.1, 0.15) is 6.92 Å². The monoisotopic (exact) mass is 205 g/mol. The third-order valence-electron chi connectivity index (χ3n) is 2.40. The normalized spacial score (nSPS) is 15.3. The third kappa shape index (κ3) is 2.03. The lowest BCUT2D eigenvalue weighted by atomic mass is 10.2. The molecule has 0 atom stereocenters. The summed E-state index contributed by atoms with van der Waals surface area (Å²) in [5.41, 5.74) is 2.00. The van der Waals surface area contributed by atoms with Crippen molar-refractivity contribution in [3.05, 3.63) is 24.3 Å². The summed E-state index contributed by atoms with van der Waals surface area (Å²) < 4.78 is 0. The van der Waals surface area contributed by atoms with Gasteiger partial charge in [-0.2, -0.15) is 0 Å². The van der Waals surface area contributed by atoms with Crippen LogP contribution in [0.3, 0.4) is 0 Å². The lowest BCUT2D eigenvalue weighted by molar-refractivity contribution is 0.252. The molecule has 1 aliphatic heterocycles. The minimum Gasteiger partial charge on any atom is -0.385 e. The minimum atomic E-state index is -0.0105. The molecule has 80 valence electrons. The molecule has 0 aromatic heterocycles. The Hall–Kier alpha value is -1.71. The van der Waals surface area contributed by atoms with Gasteiger partial charge in [-0.05, 0) is 25.1 Å². The molecule has 4 heteroatoms. The maximum atomic E-state index is 11.4. The fraction of sp³-hybridized carbons (Fsp3) is 0.364. The van der Waals surface area contributed by atoms with Crippen molar-refractivity contribution in [1.82, 2.24) is 5.32 Å². The van der Waals surface area contributed by atoms with Crippen LogP contribution in [-0.4, -0.2) is 25.7 Å². The van der Waals surface area contributed by atoms with Gasteiger partial charge in [-0.1, -0.05) is 6.07 Å². The van der Waals surface area contributed by atoms with Gasteiger partial charge in [0.1, 0.15) is 0 Å². The number of anilines is 2. The first kappa shape index (κ1) is 9.83. The molecule has 4 nitrogen and oxygen atoms in total. The molecular formula is C11H15N3O. The number of hydrogen-bond acceptors (Lipinski definition) is 2. The number of hydrogen-bond donors (Lipinski definition) is 2. The van der Waals surface area contributed by atoms with Crippen molar-refractivity contribution in [1.29, 1.82) is 0 Å². The topological polar surface area (TPSA) is 44.4 Å². The Kier molecular flexibility index (Phi) is 2.76. The highest BCUT2D eigenvalue weighted by Crippen LogP contribution is 2.20. The van der Waals surface area contributed by atoms with Crippen LogP contribution < -0.4 is 15.5 Å². The first-order valence-corrected chi connectivity index (χ1v) is 5.20. The zero-order valence-corrected chi connectivity index (χ0v) is 8.79. The van der Waals surface area contributed by atoms with Crippen LogP contribution in [0.15, 0.2) is 24.3 Å². The number of carbonyl (C=O) groups excluding carboxylic acids is 1. The van der Waals surface area contributed by atoms with Gasteiger partial charge in [0.25, 0.3) is 0 Å². The Balaban J connectivity index is 2.20. The Morgan fingerprint density at radius 1 is 1.53 bits per heavy atom. The highest BCUT2D eigenvalue weighted by atomic mass is 16.2.